The quantitative estimate of drug-likeness (QED) is 0.659. The number of rotatable bonds is 2. The van der Waals surface area contributed by atoms with E-state index in [2.05, 4.69) is 9.97 Å². The zero-order chi connectivity index (χ0) is 14.1. The maximum absolute atomic E-state index is 11.9. The normalized spacial score (nSPS) is 13.8. The molecule has 0 saturated carbocycles. The van der Waals surface area contributed by atoms with E-state index in [-0.39, 0.29) is 17.9 Å². The van der Waals surface area contributed by atoms with Gasteiger partial charge in [-0.25, -0.2) is 4.98 Å². The van der Waals surface area contributed by atoms with Crippen LogP contribution >= 0.6 is 0 Å². The van der Waals surface area contributed by atoms with Crippen molar-refractivity contribution in [1.82, 2.24) is 9.97 Å². The predicted molar refractivity (Wildman–Crippen MR) is 70.3 cm³/mol. The van der Waals surface area contributed by atoms with E-state index in [0.29, 0.717) is 30.0 Å². The van der Waals surface area contributed by atoms with Crippen LogP contribution in [0, 0.1) is 10.1 Å². The minimum Gasteiger partial charge on any atom is -0.376 e. The highest BCUT2D eigenvalue weighted by Gasteiger charge is 2.16. The Bertz CT molecular complexity index is 721. The van der Waals surface area contributed by atoms with E-state index in [0.717, 1.165) is 5.69 Å². The Hall–Kier alpha value is -2.54. The number of aromatic nitrogens is 2. The molecule has 0 unspecified atom stereocenters. The van der Waals surface area contributed by atoms with Crippen LogP contribution < -0.4 is 5.56 Å². The van der Waals surface area contributed by atoms with Crippen molar-refractivity contribution in [3.05, 3.63) is 56.0 Å². The van der Waals surface area contributed by atoms with Gasteiger partial charge in [-0.2, -0.15) is 0 Å². The summed E-state index contributed by atoms with van der Waals surface area (Å²) in [4.78, 5) is 29.2. The third-order valence-electron chi connectivity index (χ3n) is 3.18. The van der Waals surface area contributed by atoms with Gasteiger partial charge in [0.25, 0.3) is 11.2 Å². The first-order valence-electron chi connectivity index (χ1n) is 6.10. The van der Waals surface area contributed by atoms with E-state index in [1.807, 2.05) is 0 Å². The molecule has 102 valence electrons. The molecule has 0 saturated heterocycles. The maximum Gasteiger partial charge on any atom is 0.269 e. The first-order valence-corrected chi connectivity index (χ1v) is 6.10. The second-order valence-corrected chi connectivity index (χ2v) is 4.45. The van der Waals surface area contributed by atoms with Crippen molar-refractivity contribution < 1.29 is 9.66 Å². The number of ether oxygens (including phenoxy) is 1. The molecule has 3 rings (SSSR count). The van der Waals surface area contributed by atoms with Gasteiger partial charge in [-0.1, -0.05) is 0 Å². The summed E-state index contributed by atoms with van der Waals surface area (Å²) >= 11 is 0. The van der Waals surface area contributed by atoms with Gasteiger partial charge in [-0.3, -0.25) is 14.9 Å². The molecule has 7 heteroatoms. The lowest BCUT2D eigenvalue weighted by molar-refractivity contribution is -0.384. The molecule has 1 aromatic heterocycles. The number of aromatic amines is 1. The van der Waals surface area contributed by atoms with Gasteiger partial charge in [0.15, 0.2) is 0 Å². The molecule has 0 amide bonds. The molecule has 0 aliphatic carbocycles. The van der Waals surface area contributed by atoms with Gasteiger partial charge < -0.3 is 9.72 Å². The van der Waals surface area contributed by atoms with Crippen molar-refractivity contribution in [1.29, 1.82) is 0 Å². The summed E-state index contributed by atoms with van der Waals surface area (Å²) < 4.78 is 5.23. The number of non-ortho nitro benzene ring substituents is 1. The largest absolute Gasteiger partial charge is 0.376 e. The zero-order valence-electron chi connectivity index (χ0n) is 10.5. The molecular formula is C13H11N3O4. The Labute approximate surface area is 113 Å². The van der Waals surface area contributed by atoms with Gasteiger partial charge in [-0.15, -0.1) is 0 Å². The summed E-state index contributed by atoms with van der Waals surface area (Å²) in [5.41, 5.74) is 1.71. The second kappa shape index (κ2) is 4.86. The summed E-state index contributed by atoms with van der Waals surface area (Å²) in [5, 5.41) is 10.6. The minimum absolute atomic E-state index is 0.00227. The highest BCUT2D eigenvalue weighted by Crippen LogP contribution is 2.20. The highest BCUT2D eigenvalue weighted by atomic mass is 16.6. The first-order chi connectivity index (χ1) is 9.65. The fraction of sp³-hybridized carbons (Fsp3) is 0.231. The SMILES string of the molecule is O=c1[nH]c(-c2ccc([N+](=O)[O-])cc2)nc2c1COCC2. The van der Waals surface area contributed by atoms with Crippen molar-refractivity contribution in [2.75, 3.05) is 6.61 Å². The number of nitro groups is 1. The van der Waals surface area contributed by atoms with Crippen LogP contribution in [0.25, 0.3) is 11.4 Å². The summed E-state index contributed by atoms with van der Waals surface area (Å²) in [5.74, 6) is 0.422. The Morgan fingerprint density at radius 2 is 2.05 bits per heavy atom. The Morgan fingerprint density at radius 1 is 1.30 bits per heavy atom. The van der Waals surface area contributed by atoms with Gasteiger partial charge >= 0.3 is 0 Å². The molecule has 1 N–H and O–H groups in total. The smallest absolute Gasteiger partial charge is 0.269 e. The number of nitrogens with zero attached hydrogens (tertiary/aromatic N) is 2. The van der Waals surface area contributed by atoms with Crippen molar-refractivity contribution in [2.45, 2.75) is 13.0 Å². The predicted octanol–water partition coefficient (Wildman–Crippen LogP) is 1.42. The molecule has 0 bridgehead atoms. The topological polar surface area (TPSA) is 98.1 Å². The molecule has 0 radical (unpaired) electrons. The molecule has 2 aromatic rings. The van der Waals surface area contributed by atoms with E-state index in [9.17, 15) is 14.9 Å². The van der Waals surface area contributed by atoms with Crippen LogP contribution in [-0.2, 0) is 17.8 Å². The van der Waals surface area contributed by atoms with Gasteiger partial charge in [0.2, 0.25) is 0 Å². The second-order valence-electron chi connectivity index (χ2n) is 4.45. The fourth-order valence-corrected chi connectivity index (χ4v) is 2.12. The summed E-state index contributed by atoms with van der Waals surface area (Å²) in [7, 11) is 0. The van der Waals surface area contributed by atoms with Crippen molar-refractivity contribution >= 4 is 5.69 Å². The molecule has 1 aliphatic heterocycles. The molecule has 0 fully saturated rings. The van der Waals surface area contributed by atoms with Crippen molar-refractivity contribution in [2.24, 2.45) is 0 Å². The third-order valence-corrected chi connectivity index (χ3v) is 3.18. The summed E-state index contributed by atoms with van der Waals surface area (Å²) in [6.45, 7) is 0.821. The van der Waals surface area contributed by atoms with Crippen LogP contribution in [0.1, 0.15) is 11.3 Å². The van der Waals surface area contributed by atoms with E-state index >= 15 is 0 Å². The zero-order valence-corrected chi connectivity index (χ0v) is 10.5. The molecule has 0 spiro atoms. The highest BCUT2D eigenvalue weighted by molar-refractivity contribution is 5.57. The van der Waals surface area contributed by atoms with Gasteiger partial charge in [0.05, 0.1) is 29.4 Å². The summed E-state index contributed by atoms with van der Waals surface area (Å²) in [6.07, 6.45) is 0.596. The van der Waals surface area contributed by atoms with E-state index in [4.69, 9.17) is 4.74 Å². The van der Waals surface area contributed by atoms with E-state index in [1.54, 1.807) is 12.1 Å². The lowest BCUT2D eigenvalue weighted by Gasteiger charge is -2.15. The van der Waals surface area contributed by atoms with E-state index in [1.165, 1.54) is 12.1 Å². The lowest BCUT2D eigenvalue weighted by Crippen LogP contribution is -2.24. The van der Waals surface area contributed by atoms with Crippen LogP contribution in [0.2, 0.25) is 0 Å². The number of nitro benzene ring substituents is 1. The molecule has 20 heavy (non-hydrogen) atoms. The number of hydrogen-bond donors (Lipinski definition) is 1. The monoisotopic (exact) mass is 273 g/mol. The van der Waals surface area contributed by atoms with Crippen LogP contribution in [0.15, 0.2) is 29.1 Å². The number of hydrogen-bond acceptors (Lipinski definition) is 5. The molecule has 7 nitrogen and oxygen atoms in total. The van der Waals surface area contributed by atoms with Crippen molar-refractivity contribution in [3.63, 3.8) is 0 Å². The maximum atomic E-state index is 11.9. The molecule has 0 atom stereocenters. The molecule has 2 heterocycles. The van der Waals surface area contributed by atoms with Crippen LogP contribution in [0.5, 0.6) is 0 Å². The number of nitrogens with one attached hydrogen (secondary N) is 1. The standard InChI is InChI=1S/C13H11N3O4/c17-13-10-7-20-6-5-11(10)14-12(15-13)8-1-3-9(4-2-8)16(18)19/h1-4H,5-7H2,(H,14,15,17). The summed E-state index contributed by atoms with van der Waals surface area (Å²) in [6, 6.07) is 5.92. The Balaban J connectivity index is 2.04. The number of benzene rings is 1. The third kappa shape index (κ3) is 2.19. The van der Waals surface area contributed by atoms with Crippen LogP contribution in [-0.4, -0.2) is 21.5 Å². The average Bonchev–Trinajstić information content (AvgIpc) is 2.47. The Morgan fingerprint density at radius 3 is 2.75 bits per heavy atom. The van der Waals surface area contributed by atoms with Gasteiger partial charge in [0, 0.05) is 24.1 Å². The molecular weight excluding hydrogens is 262 g/mol. The van der Waals surface area contributed by atoms with Crippen LogP contribution in [0.4, 0.5) is 5.69 Å². The first kappa shape index (κ1) is 12.5. The minimum atomic E-state index is -0.468. The fourth-order valence-electron chi connectivity index (χ4n) is 2.12. The van der Waals surface area contributed by atoms with Crippen molar-refractivity contribution in [3.8, 4) is 11.4 Å². The van der Waals surface area contributed by atoms with E-state index < -0.39 is 4.92 Å². The average molecular weight is 273 g/mol. The number of H-pyrrole nitrogens is 1. The lowest BCUT2D eigenvalue weighted by atomic mass is 10.1. The molecule has 1 aromatic carbocycles. The molecule has 1 aliphatic rings. The number of fused-ring (bicyclic) bond motifs is 1. The van der Waals surface area contributed by atoms with Crippen LogP contribution in [0.3, 0.4) is 0 Å². The Kier molecular flexibility index (Phi) is 3.03. The van der Waals surface area contributed by atoms with Gasteiger partial charge in [-0.05, 0) is 12.1 Å². The van der Waals surface area contributed by atoms with Gasteiger partial charge in [0.1, 0.15) is 5.82 Å².